The molecule has 1 aromatic carbocycles. The van der Waals surface area contributed by atoms with Crippen LogP contribution in [0.5, 0.6) is 0 Å². The Morgan fingerprint density at radius 1 is 1.13 bits per heavy atom. The zero-order valence-electron chi connectivity index (χ0n) is 17.2. The van der Waals surface area contributed by atoms with Gasteiger partial charge in [-0.1, -0.05) is 6.92 Å². The van der Waals surface area contributed by atoms with E-state index in [9.17, 15) is 14.4 Å². The number of rotatable bonds is 6. The van der Waals surface area contributed by atoms with Gasteiger partial charge in [0.05, 0.1) is 0 Å². The minimum Gasteiger partial charge on any atom is -0.480 e. The van der Waals surface area contributed by atoms with Crippen LogP contribution in [0, 0.1) is 6.92 Å². The lowest BCUT2D eigenvalue weighted by atomic mass is 9.94. The molecular weight excluding hydrogens is 386 g/mol. The molecule has 0 aliphatic heterocycles. The van der Waals surface area contributed by atoms with Crippen molar-refractivity contribution in [3.05, 3.63) is 45.0 Å². The van der Waals surface area contributed by atoms with Crippen LogP contribution in [0.2, 0.25) is 0 Å². The van der Waals surface area contributed by atoms with Gasteiger partial charge in [0.25, 0.3) is 0 Å². The smallest absolute Gasteiger partial charge is 0.339 e. The maximum absolute atomic E-state index is 12.6. The third-order valence-electron chi connectivity index (χ3n) is 6.01. The lowest BCUT2D eigenvalue weighted by molar-refractivity contribution is -0.141. The first-order valence-electron chi connectivity index (χ1n) is 10.4. The van der Waals surface area contributed by atoms with E-state index in [1.807, 2.05) is 13.0 Å². The van der Waals surface area contributed by atoms with Gasteiger partial charge in [-0.3, -0.25) is 4.79 Å². The first-order chi connectivity index (χ1) is 14.4. The number of aliphatic carboxylic acids is 1. The summed E-state index contributed by atoms with van der Waals surface area (Å²) in [4.78, 5) is 35.8. The topological polar surface area (TPSA) is 110 Å². The number of aryl methyl sites for hydroxylation is 3. The predicted octanol–water partition coefficient (Wildman–Crippen LogP) is 3.64. The molecule has 2 heterocycles. The van der Waals surface area contributed by atoms with Crippen LogP contribution in [0.15, 0.2) is 25.8 Å². The van der Waals surface area contributed by atoms with Gasteiger partial charge in [-0.2, -0.15) is 0 Å². The van der Waals surface area contributed by atoms with Gasteiger partial charge in [-0.15, -0.1) is 0 Å². The molecule has 0 fully saturated rings. The maximum Gasteiger partial charge on any atom is 0.339 e. The number of fused-ring (bicyclic) bond motifs is 4. The zero-order valence-corrected chi connectivity index (χ0v) is 17.2. The van der Waals surface area contributed by atoms with Crippen LogP contribution in [-0.2, 0) is 28.9 Å². The molecule has 30 heavy (non-hydrogen) atoms. The number of carboxylic acid groups (broad SMARTS) is 1. The second kappa shape index (κ2) is 7.97. The van der Waals surface area contributed by atoms with Gasteiger partial charge in [-0.25, -0.2) is 9.59 Å². The largest absolute Gasteiger partial charge is 0.480 e. The molecule has 2 N–H and O–H groups in total. The van der Waals surface area contributed by atoms with Crippen LogP contribution in [0.4, 0.5) is 0 Å². The summed E-state index contributed by atoms with van der Waals surface area (Å²) in [5.74, 6) is -0.449. The number of furan rings is 1. The quantitative estimate of drug-likeness (QED) is 0.599. The van der Waals surface area contributed by atoms with Crippen molar-refractivity contribution in [2.45, 2.75) is 64.8 Å². The predicted molar refractivity (Wildman–Crippen MR) is 112 cm³/mol. The van der Waals surface area contributed by atoms with Crippen LogP contribution in [0.1, 0.15) is 55.1 Å². The van der Waals surface area contributed by atoms with Crippen molar-refractivity contribution in [3.63, 3.8) is 0 Å². The molecule has 1 aliphatic rings. The van der Waals surface area contributed by atoms with Gasteiger partial charge in [0.2, 0.25) is 5.91 Å². The monoisotopic (exact) mass is 411 g/mol. The summed E-state index contributed by atoms with van der Waals surface area (Å²) in [5, 5.41) is 13.5. The normalized spacial score (nSPS) is 14.6. The van der Waals surface area contributed by atoms with Crippen molar-refractivity contribution in [2.24, 2.45) is 0 Å². The van der Waals surface area contributed by atoms with E-state index in [-0.39, 0.29) is 12.8 Å². The molecule has 158 valence electrons. The Bertz CT molecular complexity index is 1200. The standard InChI is InChI=1S/C23H25NO6/c1-3-17(22(26)27)24-21(25)9-8-13-12(2)15-10-16-14-6-4-5-7-18(14)29-20(16)11-19(15)30-23(13)28/h10-11,17H,3-9H2,1-2H3,(H,24,25)(H,26,27)/t17-/m1/s1. The molecule has 0 unspecified atom stereocenters. The SMILES string of the molecule is CC[C@@H](NC(=O)CCc1c(C)c2cc3c4c(oc3cc2oc1=O)CCCC4)C(=O)O. The Labute approximate surface area is 173 Å². The third kappa shape index (κ3) is 3.60. The maximum atomic E-state index is 12.6. The van der Waals surface area contributed by atoms with Crippen molar-refractivity contribution in [1.82, 2.24) is 5.32 Å². The molecule has 4 rings (SSSR count). The molecule has 7 nitrogen and oxygen atoms in total. The van der Waals surface area contributed by atoms with Gasteiger partial charge >= 0.3 is 11.6 Å². The highest BCUT2D eigenvalue weighted by molar-refractivity contribution is 5.97. The average Bonchev–Trinajstić information content (AvgIpc) is 3.07. The molecule has 1 aliphatic carbocycles. The number of hydrogen-bond acceptors (Lipinski definition) is 5. The molecule has 0 saturated carbocycles. The molecular formula is C23H25NO6. The number of nitrogens with one attached hydrogen (secondary N) is 1. The number of carbonyl (C=O) groups is 2. The van der Waals surface area contributed by atoms with Gasteiger partial charge in [0.1, 0.15) is 23.0 Å². The molecule has 1 atom stereocenters. The summed E-state index contributed by atoms with van der Waals surface area (Å²) in [6.45, 7) is 3.55. The highest BCUT2D eigenvalue weighted by Crippen LogP contribution is 2.35. The summed E-state index contributed by atoms with van der Waals surface area (Å²) in [5.41, 5.74) is 3.20. The highest BCUT2D eigenvalue weighted by Gasteiger charge is 2.21. The van der Waals surface area contributed by atoms with Crippen molar-refractivity contribution < 1.29 is 23.5 Å². The zero-order chi connectivity index (χ0) is 21.4. The molecule has 0 bridgehead atoms. The average molecular weight is 411 g/mol. The minimum absolute atomic E-state index is 0.0181. The molecule has 1 amide bonds. The second-order valence-corrected chi connectivity index (χ2v) is 7.92. The molecule has 0 saturated heterocycles. The number of hydrogen-bond donors (Lipinski definition) is 2. The Morgan fingerprint density at radius 3 is 2.60 bits per heavy atom. The van der Waals surface area contributed by atoms with E-state index in [1.165, 1.54) is 5.56 Å². The Balaban J connectivity index is 1.65. The van der Waals surface area contributed by atoms with Crippen LogP contribution < -0.4 is 10.9 Å². The van der Waals surface area contributed by atoms with Crippen LogP contribution in [0.3, 0.4) is 0 Å². The number of carbonyl (C=O) groups excluding carboxylic acids is 1. The fourth-order valence-corrected chi connectivity index (χ4v) is 4.28. The molecule has 0 radical (unpaired) electrons. The molecule has 3 aromatic rings. The van der Waals surface area contributed by atoms with E-state index in [1.54, 1.807) is 13.0 Å². The summed E-state index contributed by atoms with van der Waals surface area (Å²) >= 11 is 0. The number of benzene rings is 1. The summed E-state index contributed by atoms with van der Waals surface area (Å²) in [6, 6.07) is 2.89. The van der Waals surface area contributed by atoms with E-state index >= 15 is 0 Å². The van der Waals surface area contributed by atoms with Crippen molar-refractivity contribution in [1.29, 1.82) is 0 Å². The molecule has 2 aromatic heterocycles. The number of carboxylic acids is 1. The summed E-state index contributed by atoms with van der Waals surface area (Å²) in [6.07, 6.45) is 4.67. The van der Waals surface area contributed by atoms with Gasteiger partial charge in [0, 0.05) is 40.8 Å². The van der Waals surface area contributed by atoms with E-state index < -0.39 is 23.5 Å². The van der Waals surface area contributed by atoms with E-state index in [0.717, 1.165) is 53.4 Å². The fourth-order valence-electron chi connectivity index (χ4n) is 4.28. The van der Waals surface area contributed by atoms with Crippen LogP contribution in [0.25, 0.3) is 21.9 Å². The van der Waals surface area contributed by atoms with Crippen molar-refractivity contribution in [2.75, 3.05) is 0 Å². The summed E-state index contributed by atoms with van der Waals surface area (Å²) < 4.78 is 11.5. The highest BCUT2D eigenvalue weighted by atomic mass is 16.4. The van der Waals surface area contributed by atoms with E-state index in [4.69, 9.17) is 13.9 Å². The third-order valence-corrected chi connectivity index (χ3v) is 6.01. The lowest BCUT2D eigenvalue weighted by Crippen LogP contribution is -2.40. The first-order valence-corrected chi connectivity index (χ1v) is 10.4. The lowest BCUT2D eigenvalue weighted by Gasteiger charge is -2.12. The fraction of sp³-hybridized carbons (Fsp3) is 0.435. The van der Waals surface area contributed by atoms with Gasteiger partial charge in [-0.05, 0) is 50.7 Å². The minimum atomic E-state index is -1.07. The Hall–Kier alpha value is -3.09. The van der Waals surface area contributed by atoms with Crippen molar-refractivity contribution >= 4 is 33.8 Å². The van der Waals surface area contributed by atoms with Gasteiger partial charge in [0.15, 0.2) is 0 Å². The van der Waals surface area contributed by atoms with Crippen molar-refractivity contribution in [3.8, 4) is 0 Å². The second-order valence-electron chi connectivity index (χ2n) is 7.92. The van der Waals surface area contributed by atoms with Crippen LogP contribution >= 0.6 is 0 Å². The molecule has 0 spiro atoms. The first kappa shape index (κ1) is 20.2. The summed E-state index contributed by atoms with van der Waals surface area (Å²) in [7, 11) is 0. The van der Waals surface area contributed by atoms with Gasteiger partial charge < -0.3 is 19.3 Å². The Morgan fingerprint density at radius 2 is 1.87 bits per heavy atom. The Kier molecular flexibility index (Phi) is 5.37. The van der Waals surface area contributed by atoms with E-state index in [2.05, 4.69) is 5.32 Å². The van der Waals surface area contributed by atoms with Crippen LogP contribution in [-0.4, -0.2) is 23.0 Å². The van der Waals surface area contributed by atoms with E-state index in [0.29, 0.717) is 17.6 Å². The molecule has 7 heteroatoms. The number of amides is 1.